The van der Waals surface area contributed by atoms with E-state index in [9.17, 15) is 5.11 Å². The van der Waals surface area contributed by atoms with Gasteiger partial charge in [-0.25, -0.2) is 0 Å². The van der Waals surface area contributed by atoms with Gasteiger partial charge < -0.3 is 24.8 Å². The molecular weight excluding hydrogens is 330 g/mol. The van der Waals surface area contributed by atoms with Gasteiger partial charge in [0.1, 0.15) is 0 Å². The van der Waals surface area contributed by atoms with Crippen molar-refractivity contribution in [1.29, 1.82) is 0 Å². The van der Waals surface area contributed by atoms with Crippen LogP contribution in [-0.2, 0) is 0 Å². The molecule has 1 heterocycles. The minimum absolute atomic E-state index is 0.0162. The van der Waals surface area contributed by atoms with Gasteiger partial charge in [0.25, 0.3) is 0 Å². The van der Waals surface area contributed by atoms with Crippen LogP contribution in [0.15, 0.2) is 23.2 Å². The van der Waals surface area contributed by atoms with E-state index in [2.05, 4.69) is 49.8 Å². The van der Waals surface area contributed by atoms with Crippen LogP contribution in [0.5, 0.6) is 11.5 Å². The van der Waals surface area contributed by atoms with Gasteiger partial charge in [-0.2, -0.15) is 0 Å². The second-order valence-electron chi connectivity index (χ2n) is 7.85. The van der Waals surface area contributed by atoms with E-state index in [4.69, 9.17) is 9.47 Å². The molecule has 0 amide bonds. The van der Waals surface area contributed by atoms with Gasteiger partial charge in [0, 0.05) is 24.0 Å². The summed E-state index contributed by atoms with van der Waals surface area (Å²) in [7, 11) is 3.18. The van der Waals surface area contributed by atoms with Crippen molar-refractivity contribution in [1.82, 2.24) is 10.2 Å². The van der Waals surface area contributed by atoms with Crippen molar-refractivity contribution >= 4 is 5.96 Å². The first-order valence-corrected chi connectivity index (χ1v) is 9.14. The van der Waals surface area contributed by atoms with E-state index in [-0.39, 0.29) is 17.5 Å². The molecule has 0 radical (unpaired) electrons. The molecule has 1 aliphatic rings. The van der Waals surface area contributed by atoms with Crippen LogP contribution in [0.1, 0.15) is 46.3 Å². The molecule has 0 aromatic heterocycles. The van der Waals surface area contributed by atoms with Crippen LogP contribution < -0.4 is 14.8 Å². The largest absolute Gasteiger partial charge is 0.493 e. The van der Waals surface area contributed by atoms with Gasteiger partial charge in [0.2, 0.25) is 0 Å². The number of hydrogen-bond donors (Lipinski definition) is 2. The molecule has 1 aromatic carbocycles. The smallest absolute Gasteiger partial charge is 0.194 e. The van der Waals surface area contributed by atoms with Crippen molar-refractivity contribution in [3.63, 3.8) is 0 Å². The van der Waals surface area contributed by atoms with Crippen LogP contribution in [0.3, 0.4) is 0 Å². The van der Waals surface area contributed by atoms with Crippen LogP contribution in [0.2, 0.25) is 0 Å². The summed E-state index contributed by atoms with van der Waals surface area (Å²) in [4.78, 5) is 6.96. The molecule has 6 heteroatoms. The van der Waals surface area contributed by atoms with Crippen LogP contribution in [-0.4, -0.2) is 55.4 Å². The molecule has 2 N–H and O–H groups in total. The van der Waals surface area contributed by atoms with E-state index < -0.39 is 6.10 Å². The van der Waals surface area contributed by atoms with Crippen molar-refractivity contribution in [3.05, 3.63) is 23.8 Å². The molecule has 146 valence electrons. The van der Waals surface area contributed by atoms with Crippen LogP contribution in [0.4, 0.5) is 0 Å². The number of nitrogens with one attached hydrogen (secondary N) is 1. The Kier molecular flexibility index (Phi) is 6.06. The summed E-state index contributed by atoms with van der Waals surface area (Å²) >= 11 is 0. The molecule has 0 bridgehead atoms. The van der Waals surface area contributed by atoms with Crippen LogP contribution in [0, 0.1) is 5.41 Å². The van der Waals surface area contributed by atoms with Gasteiger partial charge in [-0.1, -0.05) is 19.9 Å². The zero-order chi connectivity index (χ0) is 19.5. The SMILES string of the molecule is CCNC(=NCC(O)c1ccc(OC)c(OC)c1)N1CC(C)(C)C1(C)C. The number of aliphatic hydroxyl groups is 1. The fourth-order valence-corrected chi connectivity index (χ4v) is 3.13. The lowest BCUT2D eigenvalue weighted by Crippen LogP contribution is -2.72. The Balaban J connectivity index is 2.15. The van der Waals surface area contributed by atoms with Gasteiger partial charge in [-0.3, -0.25) is 4.99 Å². The first kappa shape index (κ1) is 20.4. The third kappa shape index (κ3) is 3.75. The summed E-state index contributed by atoms with van der Waals surface area (Å²) in [5.41, 5.74) is 0.999. The Morgan fingerprint density at radius 1 is 1.23 bits per heavy atom. The van der Waals surface area contributed by atoms with E-state index in [0.717, 1.165) is 24.6 Å². The lowest BCUT2D eigenvalue weighted by atomic mass is 9.65. The molecule has 1 saturated heterocycles. The first-order valence-electron chi connectivity index (χ1n) is 9.14. The molecule has 2 rings (SSSR count). The van der Waals surface area contributed by atoms with Crippen molar-refractivity contribution < 1.29 is 14.6 Å². The maximum Gasteiger partial charge on any atom is 0.194 e. The Morgan fingerprint density at radius 2 is 1.88 bits per heavy atom. The first-order chi connectivity index (χ1) is 12.2. The minimum atomic E-state index is -0.708. The predicted octanol–water partition coefficient (Wildman–Crippen LogP) is 2.82. The van der Waals surface area contributed by atoms with Gasteiger partial charge in [-0.15, -0.1) is 0 Å². The van der Waals surface area contributed by atoms with Gasteiger partial charge in [0.05, 0.1) is 26.9 Å². The van der Waals surface area contributed by atoms with Crippen molar-refractivity contribution in [2.24, 2.45) is 10.4 Å². The summed E-state index contributed by atoms with van der Waals surface area (Å²) in [6, 6.07) is 5.43. The molecule has 0 aliphatic carbocycles. The number of nitrogens with zero attached hydrogens (tertiary/aromatic N) is 2. The van der Waals surface area contributed by atoms with Crippen molar-refractivity contribution in [2.75, 3.05) is 33.9 Å². The highest BCUT2D eigenvalue weighted by Gasteiger charge is 2.53. The highest BCUT2D eigenvalue weighted by atomic mass is 16.5. The Bertz CT molecular complexity index is 656. The number of methoxy groups -OCH3 is 2. The van der Waals surface area contributed by atoms with Crippen molar-refractivity contribution in [3.8, 4) is 11.5 Å². The number of aliphatic imine (C=N–C) groups is 1. The van der Waals surface area contributed by atoms with E-state index in [0.29, 0.717) is 11.5 Å². The quantitative estimate of drug-likeness (QED) is 0.601. The highest BCUT2D eigenvalue weighted by Crippen LogP contribution is 2.46. The molecule has 1 unspecified atom stereocenters. The summed E-state index contributed by atoms with van der Waals surface area (Å²) in [5, 5.41) is 13.9. The number of ether oxygens (including phenoxy) is 2. The molecular formula is C20H33N3O3. The number of benzene rings is 1. The lowest BCUT2D eigenvalue weighted by Gasteiger charge is -2.62. The zero-order valence-electron chi connectivity index (χ0n) is 17.1. The molecule has 1 aromatic rings. The zero-order valence-corrected chi connectivity index (χ0v) is 17.1. The fraction of sp³-hybridized carbons (Fsp3) is 0.650. The van der Waals surface area contributed by atoms with Crippen LogP contribution in [0.25, 0.3) is 0 Å². The third-order valence-electron chi connectivity index (χ3n) is 5.68. The average Bonchev–Trinajstić information content (AvgIpc) is 2.62. The predicted molar refractivity (Wildman–Crippen MR) is 105 cm³/mol. The summed E-state index contributed by atoms with van der Waals surface area (Å²) in [5.74, 6) is 2.09. The maximum absolute atomic E-state index is 10.6. The minimum Gasteiger partial charge on any atom is -0.493 e. The molecule has 1 atom stereocenters. The highest BCUT2D eigenvalue weighted by molar-refractivity contribution is 5.82. The monoisotopic (exact) mass is 363 g/mol. The number of hydrogen-bond acceptors (Lipinski definition) is 4. The Labute approximate surface area is 157 Å². The standard InChI is InChI=1S/C20H33N3O3/c1-8-21-18(23-13-19(2,3)20(23,4)5)22-12-15(24)14-9-10-16(25-6)17(11-14)26-7/h9-11,15,24H,8,12-13H2,1-7H3,(H,21,22). The summed E-state index contributed by atoms with van der Waals surface area (Å²) in [6.45, 7) is 13.1. The van der Waals surface area contributed by atoms with Crippen LogP contribution >= 0.6 is 0 Å². The van der Waals surface area contributed by atoms with E-state index in [1.807, 2.05) is 6.07 Å². The molecule has 26 heavy (non-hydrogen) atoms. The lowest BCUT2D eigenvalue weighted by molar-refractivity contribution is -0.0668. The van der Waals surface area contributed by atoms with Gasteiger partial charge in [0.15, 0.2) is 17.5 Å². The average molecular weight is 364 g/mol. The maximum atomic E-state index is 10.6. The van der Waals surface area contributed by atoms with E-state index in [1.165, 1.54) is 0 Å². The van der Waals surface area contributed by atoms with E-state index in [1.54, 1.807) is 26.4 Å². The number of rotatable bonds is 6. The van der Waals surface area contributed by atoms with Crippen molar-refractivity contribution in [2.45, 2.75) is 46.3 Å². The molecule has 1 aliphatic heterocycles. The molecule has 0 spiro atoms. The fourth-order valence-electron chi connectivity index (χ4n) is 3.13. The second-order valence-corrected chi connectivity index (χ2v) is 7.85. The number of likely N-dealkylation sites (tertiary alicyclic amines) is 1. The molecule has 1 fully saturated rings. The topological polar surface area (TPSA) is 66.3 Å². The number of aliphatic hydroxyl groups excluding tert-OH is 1. The van der Waals surface area contributed by atoms with Gasteiger partial charge in [-0.05, 0) is 38.5 Å². The molecule has 6 nitrogen and oxygen atoms in total. The van der Waals surface area contributed by atoms with E-state index >= 15 is 0 Å². The normalized spacial score (nSPS) is 19.5. The Morgan fingerprint density at radius 3 is 2.38 bits per heavy atom. The van der Waals surface area contributed by atoms with Gasteiger partial charge >= 0.3 is 0 Å². The number of guanidine groups is 1. The third-order valence-corrected chi connectivity index (χ3v) is 5.68. The Hall–Kier alpha value is -1.95. The molecule has 0 saturated carbocycles. The summed E-state index contributed by atoms with van der Waals surface area (Å²) < 4.78 is 10.6. The second kappa shape index (κ2) is 7.74. The summed E-state index contributed by atoms with van der Waals surface area (Å²) in [6.07, 6.45) is -0.708.